The summed E-state index contributed by atoms with van der Waals surface area (Å²) >= 11 is 0. The fraction of sp³-hybridized carbons (Fsp3) is 0.176. The Morgan fingerprint density at radius 3 is 2.83 bits per heavy atom. The van der Waals surface area contributed by atoms with Crippen LogP contribution in [0.4, 0.5) is 5.69 Å². The number of rotatable bonds is 4. The Kier molecular flexibility index (Phi) is 4.14. The fourth-order valence-electron chi connectivity index (χ4n) is 2.22. The third kappa shape index (κ3) is 3.42. The van der Waals surface area contributed by atoms with E-state index in [1.54, 1.807) is 23.3 Å². The number of nitrogens with zero attached hydrogens (tertiary/aromatic N) is 4. The number of carbonyl (C=O) groups excluding carboxylic acids is 1. The van der Waals surface area contributed by atoms with Crippen LogP contribution in [0.3, 0.4) is 0 Å². The number of carbonyl (C=O) groups is 1. The number of aryl methyl sites for hydroxylation is 2. The Hall–Kier alpha value is -3.02. The Morgan fingerprint density at radius 2 is 2.09 bits per heavy atom. The van der Waals surface area contributed by atoms with Crippen molar-refractivity contribution in [3.8, 4) is 11.4 Å². The van der Waals surface area contributed by atoms with Crippen molar-refractivity contribution in [1.29, 1.82) is 0 Å². The molecule has 2 heterocycles. The monoisotopic (exact) mass is 307 g/mol. The number of amides is 1. The van der Waals surface area contributed by atoms with Gasteiger partial charge in [-0.05, 0) is 36.2 Å². The number of anilines is 1. The zero-order valence-electron chi connectivity index (χ0n) is 13.0. The van der Waals surface area contributed by atoms with Crippen molar-refractivity contribution in [1.82, 2.24) is 19.7 Å². The number of aromatic nitrogens is 4. The van der Waals surface area contributed by atoms with Crippen LogP contribution in [-0.2, 0) is 13.5 Å². The van der Waals surface area contributed by atoms with Gasteiger partial charge in [0.1, 0.15) is 12.0 Å². The molecular weight excluding hydrogens is 290 g/mol. The molecule has 1 amide bonds. The van der Waals surface area contributed by atoms with E-state index in [9.17, 15) is 4.79 Å². The van der Waals surface area contributed by atoms with Crippen molar-refractivity contribution in [3.63, 3.8) is 0 Å². The minimum atomic E-state index is -0.230. The van der Waals surface area contributed by atoms with Crippen molar-refractivity contribution in [2.45, 2.75) is 13.3 Å². The van der Waals surface area contributed by atoms with Crippen molar-refractivity contribution < 1.29 is 4.79 Å². The van der Waals surface area contributed by atoms with Crippen LogP contribution in [-0.4, -0.2) is 25.7 Å². The smallest absolute Gasteiger partial charge is 0.274 e. The molecule has 23 heavy (non-hydrogen) atoms. The van der Waals surface area contributed by atoms with E-state index in [-0.39, 0.29) is 5.91 Å². The molecule has 0 bridgehead atoms. The first-order valence-corrected chi connectivity index (χ1v) is 7.38. The molecule has 0 saturated heterocycles. The zero-order valence-corrected chi connectivity index (χ0v) is 13.0. The van der Waals surface area contributed by atoms with E-state index in [0.29, 0.717) is 17.2 Å². The van der Waals surface area contributed by atoms with Gasteiger partial charge < -0.3 is 5.32 Å². The fourth-order valence-corrected chi connectivity index (χ4v) is 2.22. The predicted molar refractivity (Wildman–Crippen MR) is 88.0 cm³/mol. The molecule has 0 saturated carbocycles. The minimum Gasteiger partial charge on any atom is -0.321 e. The van der Waals surface area contributed by atoms with E-state index in [1.165, 1.54) is 0 Å². The second kappa shape index (κ2) is 6.39. The van der Waals surface area contributed by atoms with Gasteiger partial charge in [-0.2, -0.15) is 5.10 Å². The topological polar surface area (TPSA) is 72.7 Å². The van der Waals surface area contributed by atoms with E-state index in [2.05, 4.69) is 20.4 Å². The Labute approximate surface area is 134 Å². The molecule has 0 aliphatic heterocycles. The van der Waals surface area contributed by atoms with Crippen LogP contribution in [0.15, 0.2) is 48.9 Å². The highest BCUT2D eigenvalue weighted by molar-refractivity contribution is 6.03. The molecular formula is C17H17N5O. The molecule has 0 aliphatic carbocycles. The minimum absolute atomic E-state index is 0.230. The van der Waals surface area contributed by atoms with Crippen molar-refractivity contribution >= 4 is 11.6 Å². The average molecular weight is 307 g/mol. The van der Waals surface area contributed by atoms with Gasteiger partial charge in [0.2, 0.25) is 0 Å². The summed E-state index contributed by atoms with van der Waals surface area (Å²) in [5, 5.41) is 7.13. The van der Waals surface area contributed by atoms with E-state index in [4.69, 9.17) is 0 Å². The maximum atomic E-state index is 12.3. The molecule has 3 aromatic rings. The largest absolute Gasteiger partial charge is 0.321 e. The molecule has 0 unspecified atom stereocenters. The molecule has 6 heteroatoms. The summed E-state index contributed by atoms with van der Waals surface area (Å²) in [6.45, 7) is 2.04. The van der Waals surface area contributed by atoms with Crippen LogP contribution < -0.4 is 5.32 Å². The summed E-state index contributed by atoms with van der Waals surface area (Å²) < 4.78 is 1.64. The lowest BCUT2D eigenvalue weighted by molar-refractivity contribution is 0.102. The lowest BCUT2D eigenvalue weighted by Crippen LogP contribution is -2.13. The average Bonchev–Trinajstić information content (AvgIpc) is 3.02. The van der Waals surface area contributed by atoms with Gasteiger partial charge in [0, 0.05) is 24.5 Å². The van der Waals surface area contributed by atoms with Crippen molar-refractivity contribution in [3.05, 3.63) is 60.2 Å². The standard InChI is InChI=1S/C17H17N5O/c1-3-12-7-8-18-15(9-12)17(23)20-14-6-4-5-13(10-14)16-19-11-22(2)21-16/h4-11H,3H2,1-2H3,(H,20,23). The Bertz CT molecular complexity index is 840. The van der Waals surface area contributed by atoms with E-state index < -0.39 is 0 Å². The van der Waals surface area contributed by atoms with Gasteiger partial charge in [0.25, 0.3) is 5.91 Å². The molecule has 6 nitrogen and oxygen atoms in total. The molecule has 0 fully saturated rings. The normalized spacial score (nSPS) is 10.5. The number of pyridine rings is 1. The van der Waals surface area contributed by atoms with E-state index in [0.717, 1.165) is 17.5 Å². The van der Waals surface area contributed by atoms with Gasteiger partial charge in [-0.3, -0.25) is 14.5 Å². The molecule has 2 aromatic heterocycles. The SMILES string of the molecule is CCc1ccnc(C(=O)Nc2cccc(-c3ncn(C)n3)c2)c1. The predicted octanol–water partition coefficient (Wildman–Crippen LogP) is 2.69. The first-order chi connectivity index (χ1) is 11.2. The van der Waals surface area contributed by atoms with E-state index in [1.807, 2.05) is 44.3 Å². The summed E-state index contributed by atoms with van der Waals surface area (Å²) in [6, 6.07) is 11.1. The first-order valence-electron chi connectivity index (χ1n) is 7.38. The summed E-state index contributed by atoms with van der Waals surface area (Å²) in [4.78, 5) is 20.7. The lowest BCUT2D eigenvalue weighted by atomic mass is 10.1. The summed E-state index contributed by atoms with van der Waals surface area (Å²) in [5.74, 6) is 0.390. The van der Waals surface area contributed by atoms with Crippen molar-refractivity contribution in [2.24, 2.45) is 7.05 Å². The summed E-state index contributed by atoms with van der Waals surface area (Å²) in [5.41, 5.74) is 3.02. The number of hydrogen-bond acceptors (Lipinski definition) is 4. The quantitative estimate of drug-likeness (QED) is 0.804. The highest BCUT2D eigenvalue weighted by Crippen LogP contribution is 2.19. The van der Waals surface area contributed by atoms with Gasteiger partial charge >= 0.3 is 0 Å². The van der Waals surface area contributed by atoms with Crippen LogP contribution in [0.1, 0.15) is 23.0 Å². The van der Waals surface area contributed by atoms with Gasteiger partial charge in [0.15, 0.2) is 5.82 Å². The molecule has 0 radical (unpaired) electrons. The first kappa shape index (κ1) is 14.9. The number of nitrogens with one attached hydrogen (secondary N) is 1. The Morgan fingerprint density at radius 1 is 1.22 bits per heavy atom. The molecule has 116 valence electrons. The molecule has 0 atom stereocenters. The van der Waals surface area contributed by atoms with Gasteiger partial charge in [-0.1, -0.05) is 19.1 Å². The van der Waals surface area contributed by atoms with E-state index >= 15 is 0 Å². The highest BCUT2D eigenvalue weighted by Gasteiger charge is 2.10. The van der Waals surface area contributed by atoms with Crippen LogP contribution in [0, 0.1) is 0 Å². The molecule has 1 aromatic carbocycles. The molecule has 1 N–H and O–H groups in total. The van der Waals surface area contributed by atoms with Gasteiger partial charge in [-0.15, -0.1) is 0 Å². The van der Waals surface area contributed by atoms with Crippen LogP contribution in [0.5, 0.6) is 0 Å². The van der Waals surface area contributed by atoms with Gasteiger partial charge in [0.05, 0.1) is 0 Å². The number of benzene rings is 1. The summed E-state index contributed by atoms with van der Waals surface area (Å²) in [7, 11) is 1.81. The third-order valence-electron chi connectivity index (χ3n) is 3.44. The summed E-state index contributed by atoms with van der Waals surface area (Å²) in [6.07, 6.45) is 4.16. The van der Waals surface area contributed by atoms with Crippen molar-refractivity contribution in [2.75, 3.05) is 5.32 Å². The second-order valence-electron chi connectivity index (χ2n) is 5.18. The molecule has 3 rings (SSSR count). The maximum absolute atomic E-state index is 12.3. The van der Waals surface area contributed by atoms with Gasteiger partial charge in [-0.25, -0.2) is 4.98 Å². The highest BCUT2D eigenvalue weighted by atomic mass is 16.1. The lowest BCUT2D eigenvalue weighted by Gasteiger charge is -2.06. The second-order valence-corrected chi connectivity index (χ2v) is 5.18. The molecule has 0 spiro atoms. The van der Waals surface area contributed by atoms with Crippen LogP contribution >= 0.6 is 0 Å². The van der Waals surface area contributed by atoms with Crippen LogP contribution in [0.2, 0.25) is 0 Å². The third-order valence-corrected chi connectivity index (χ3v) is 3.44. The van der Waals surface area contributed by atoms with Crippen LogP contribution in [0.25, 0.3) is 11.4 Å². The zero-order chi connectivity index (χ0) is 16.2. The molecule has 0 aliphatic rings. The Balaban J connectivity index is 1.81. The maximum Gasteiger partial charge on any atom is 0.274 e. The number of hydrogen-bond donors (Lipinski definition) is 1.